The highest BCUT2D eigenvalue weighted by atomic mass is 19.4. The monoisotopic (exact) mass is 476 g/mol. The molecule has 180 valence electrons. The van der Waals surface area contributed by atoms with Crippen LogP contribution >= 0.6 is 0 Å². The number of alkyl halides is 6. The molecule has 1 saturated heterocycles. The number of piperazine rings is 1. The fraction of sp³-hybridized carbons (Fsp3) is 0.450. The highest BCUT2D eigenvalue weighted by Crippen LogP contribution is 2.37. The molecule has 0 spiro atoms. The van der Waals surface area contributed by atoms with Gasteiger partial charge in [-0.25, -0.2) is 14.8 Å². The third-order valence-corrected chi connectivity index (χ3v) is 5.00. The van der Waals surface area contributed by atoms with Gasteiger partial charge < -0.3 is 20.0 Å². The number of hydrogen-bond donors (Lipinski definition) is 1. The third-order valence-electron chi connectivity index (χ3n) is 5.00. The van der Waals surface area contributed by atoms with Gasteiger partial charge in [0.15, 0.2) is 0 Å². The van der Waals surface area contributed by atoms with Gasteiger partial charge in [-0.3, -0.25) is 0 Å². The number of nitrogens with one attached hydrogen (secondary N) is 1. The smallest absolute Gasteiger partial charge is 0.363 e. The summed E-state index contributed by atoms with van der Waals surface area (Å²) in [5.74, 6) is 1.95. The minimum Gasteiger partial charge on any atom is -0.363 e. The maximum absolute atomic E-state index is 13.0. The van der Waals surface area contributed by atoms with Crippen molar-refractivity contribution in [1.82, 2.24) is 14.9 Å². The Morgan fingerprint density at radius 2 is 1.45 bits per heavy atom. The van der Waals surface area contributed by atoms with Gasteiger partial charge in [0.2, 0.25) is 0 Å². The van der Waals surface area contributed by atoms with Crippen molar-refractivity contribution >= 4 is 23.4 Å². The van der Waals surface area contributed by atoms with Crippen LogP contribution in [0.1, 0.15) is 17.0 Å². The van der Waals surface area contributed by atoms with E-state index in [2.05, 4.69) is 15.3 Å². The Morgan fingerprint density at radius 3 is 1.94 bits per heavy atom. The number of halogens is 6. The van der Waals surface area contributed by atoms with Crippen molar-refractivity contribution in [3.63, 3.8) is 0 Å². The summed E-state index contributed by atoms with van der Waals surface area (Å²) in [6.45, 7) is 2.93. The van der Waals surface area contributed by atoms with E-state index in [1.54, 1.807) is 13.0 Å². The highest BCUT2D eigenvalue weighted by Gasteiger charge is 2.37. The van der Waals surface area contributed by atoms with E-state index < -0.39 is 35.2 Å². The molecular weight excluding hydrogens is 454 g/mol. The summed E-state index contributed by atoms with van der Waals surface area (Å²) in [6.07, 6.45) is -9.99. The zero-order valence-electron chi connectivity index (χ0n) is 18.0. The first kappa shape index (κ1) is 24.4. The number of carbonyl (C=O) groups is 1. The second-order valence-electron chi connectivity index (χ2n) is 7.72. The molecule has 2 aromatic rings. The molecule has 0 atom stereocenters. The van der Waals surface area contributed by atoms with Gasteiger partial charge in [0.1, 0.15) is 17.5 Å². The van der Waals surface area contributed by atoms with Crippen LogP contribution < -0.4 is 15.1 Å². The average Bonchev–Trinajstić information content (AvgIpc) is 2.72. The molecule has 1 aromatic heterocycles. The zero-order valence-corrected chi connectivity index (χ0v) is 18.0. The maximum Gasteiger partial charge on any atom is 0.416 e. The maximum atomic E-state index is 13.0. The highest BCUT2D eigenvalue weighted by molar-refractivity contribution is 5.89. The number of nitrogens with zero attached hydrogens (tertiary/aromatic N) is 5. The topological polar surface area (TPSA) is 64.6 Å². The third kappa shape index (κ3) is 5.96. The van der Waals surface area contributed by atoms with Crippen molar-refractivity contribution in [3.8, 4) is 0 Å². The summed E-state index contributed by atoms with van der Waals surface area (Å²) < 4.78 is 78.2. The van der Waals surface area contributed by atoms with E-state index in [0.717, 1.165) is 0 Å². The molecule has 0 saturated carbocycles. The van der Waals surface area contributed by atoms with Gasteiger partial charge in [-0.1, -0.05) is 0 Å². The number of anilines is 3. The van der Waals surface area contributed by atoms with Crippen molar-refractivity contribution in [2.45, 2.75) is 19.3 Å². The van der Waals surface area contributed by atoms with Gasteiger partial charge in [0, 0.05) is 52.0 Å². The Hall–Kier alpha value is -3.25. The number of amides is 2. The van der Waals surface area contributed by atoms with Crippen LogP contribution in [0.3, 0.4) is 0 Å². The molecule has 33 heavy (non-hydrogen) atoms. The van der Waals surface area contributed by atoms with Crippen LogP contribution in [0, 0.1) is 6.92 Å². The van der Waals surface area contributed by atoms with E-state index in [9.17, 15) is 31.1 Å². The van der Waals surface area contributed by atoms with Gasteiger partial charge >= 0.3 is 18.4 Å². The normalized spacial score (nSPS) is 14.9. The van der Waals surface area contributed by atoms with Crippen molar-refractivity contribution in [2.75, 3.05) is 55.4 Å². The molecule has 1 fully saturated rings. The van der Waals surface area contributed by atoms with Crippen LogP contribution in [0.2, 0.25) is 0 Å². The van der Waals surface area contributed by atoms with E-state index in [-0.39, 0.29) is 19.2 Å². The van der Waals surface area contributed by atoms with E-state index in [0.29, 0.717) is 42.7 Å². The summed E-state index contributed by atoms with van der Waals surface area (Å²) in [7, 11) is 3.68. The van der Waals surface area contributed by atoms with Crippen LogP contribution in [0.5, 0.6) is 0 Å². The van der Waals surface area contributed by atoms with Crippen LogP contribution in [0.4, 0.5) is 48.5 Å². The summed E-state index contributed by atoms with van der Waals surface area (Å²) in [5.41, 5.74) is -3.56. The molecule has 1 aliphatic heterocycles. The molecule has 0 aliphatic carbocycles. The number of carbonyl (C=O) groups excluding carboxylic acids is 1. The SMILES string of the molecule is Cc1nc(N(C)C)cc(N2CCN(C(=O)Nc3cc(C(F)(F)F)cc(C(F)(F)F)c3)CC2)n1. The second-order valence-corrected chi connectivity index (χ2v) is 7.72. The van der Waals surface area contributed by atoms with Crippen molar-refractivity contribution in [3.05, 3.63) is 41.2 Å². The average molecular weight is 476 g/mol. The van der Waals surface area contributed by atoms with Crippen LogP contribution in [-0.2, 0) is 12.4 Å². The van der Waals surface area contributed by atoms with Crippen molar-refractivity contribution < 1.29 is 31.1 Å². The Labute approximate surface area is 186 Å². The van der Waals surface area contributed by atoms with Gasteiger partial charge in [-0.15, -0.1) is 0 Å². The van der Waals surface area contributed by atoms with Crippen LogP contribution in [-0.4, -0.2) is 61.2 Å². The van der Waals surface area contributed by atoms with E-state index in [4.69, 9.17) is 0 Å². The van der Waals surface area contributed by atoms with Crippen LogP contribution in [0.15, 0.2) is 24.3 Å². The fourth-order valence-corrected chi connectivity index (χ4v) is 3.30. The minimum atomic E-state index is -4.99. The molecule has 0 bridgehead atoms. The van der Waals surface area contributed by atoms with E-state index >= 15 is 0 Å². The molecule has 1 aromatic carbocycles. The molecule has 1 N–H and O–H groups in total. The summed E-state index contributed by atoms with van der Waals surface area (Å²) in [5, 5.41) is 2.16. The Balaban J connectivity index is 1.71. The Morgan fingerprint density at radius 1 is 0.909 bits per heavy atom. The van der Waals surface area contributed by atoms with Gasteiger partial charge in [-0.05, 0) is 25.1 Å². The molecule has 0 radical (unpaired) electrons. The van der Waals surface area contributed by atoms with Crippen molar-refractivity contribution in [2.24, 2.45) is 0 Å². The second kappa shape index (κ2) is 8.94. The molecular formula is C20H22F6N6O. The largest absolute Gasteiger partial charge is 0.416 e. The molecule has 2 heterocycles. The summed E-state index contributed by atoms with van der Waals surface area (Å²) in [4.78, 5) is 26.3. The molecule has 1 aliphatic rings. The van der Waals surface area contributed by atoms with Gasteiger partial charge in [-0.2, -0.15) is 26.3 Å². The lowest BCUT2D eigenvalue weighted by Crippen LogP contribution is -2.50. The predicted molar refractivity (Wildman–Crippen MR) is 110 cm³/mol. The number of urea groups is 1. The molecule has 13 heteroatoms. The number of aryl methyl sites for hydroxylation is 1. The molecule has 3 rings (SSSR count). The summed E-state index contributed by atoms with van der Waals surface area (Å²) in [6, 6.07) is 1.99. The molecule has 7 nitrogen and oxygen atoms in total. The number of aromatic nitrogens is 2. The number of hydrogen-bond acceptors (Lipinski definition) is 5. The first-order valence-corrected chi connectivity index (χ1v) is 9.87. The lowest BCUT2D eigenvalue weighted by molar-refractivity contribution is -0.143. The van der Waals surface area contributed by atoms with Gasteiger partial charge in [0.25, 0.3) is 0 Å². The lowest BCUT2D eigenvalue weighted by atomic mass is 10.1. The first-order chi connectivity index (χ1) is 15.2. The Kier molecular flexibility index (Phi) is 6.61. The summed E-state index contributed by atoms with van der Waals surface area (Å²) >= 11 is 0. The Bertz CT molecular complexity index is 983. The quantitative estimate of drug-likeness (QED) is 0.672. The van der Waals surface area contributed by atoms with Gasteiger partial charge in [0.05, 0.1) is 11.1 Å². The zero-order chi connectivity index (χ0) is 24.6. The molecule has 0 unspecified atom stereocenters. The van der Waals surface area contributed by atoms with Crippen LogP contribution in [0.25, 0.3) is 0 Å². The number of rotatable bonds is 3. The van der Waals surface area contributed by atoms with E-state index in [1.807, 2.05) is 23.9 Å². The standard InChI is InChI=1S/C20H22F6N6O/c1-12-27-16(30(2)3)11-17(28-12)31-4-6-32(7-5-31)18(33)29-15-9-13(19(21,22)23)8-14(10-15)20(24,25)26/h8-11H,4-7H2,1-3H3,(H,29,33). The number of benzene rings is 1. The molecule has 2 amide bonds. The first-order valence-electron chi connectivity index (χ1n) is 9.87. The van der Waals surface area contributed by atoms with E-state index in [1.165, 1.54) is 4.90 Å². The van der Waals surface area contributed by atoms with Crippen molar-refractivity contribution in [1.29, 1.82) is 0 Å². The predicted octanol–water partition coefficient (Wildman–Crippen LogP) is 4.24. The lowest BCUT2D eigenvalue weighted by Gasteiger charge is -2.35. The fourth-order valence-electron chi connectivity index (χ4n) is 3.30. The minimum absolute atomic E-state index is 0.0140.